The van der Waals surface area contributed by atoms with Gasteiger partial charge in [0.1, 0.15) is 5.75 Å². The number of phenolic OH excluding ortho intramolecular Hbond substituents is 1. The summed E-state index contributed by atoms with van der Waals surface area (Å²) in [4.78, 5) is 16.6. The second kappa shape index (κ2) is 8.33. The molecule has 1 aromatic heterocycles. The zero-order valence-corrected chi connectivity index (χ0v) is 16.4. The fraction of sp³-hybridized carbons (Fsp3) is 0.0833. The first-order valence-corrected chi connectivity index (χ1v) is 9.64. The van der Waals surface area contributed by atoms with E-state index in [-0.39, 0.29) is 18.1 Å². The van der Waals surface area contributed by atoms with Gasteiger partial charge in [-0.1, -0.05) is 48.0 Å². The van der Waals surface area contributed by atoms with Crippen LogP contribution < -0.4 is 5.32 Å². The van der Waals surface area contributed by atoms with Gasteiger partial charge in [-0.05, 0) is 58.0 Å². The number of nitrogens with zero attached hydrogens (tertiary/aromatic N) is 1. The van der Waals surface area contributed by atoms with E-state index < -0.39 is 0 Å². The van der Waals surface area contributed by atoms with E-state index in [1.54, 1.807) is 36.7 Å². The molecule has 0 saturated heterocycles. The Morgan fingerprint density at radius 1 is 1.00 bits per heavy atom. The number of pyridine rings is 1. The van der Waals surface area contributed by atoms with Crippen LogP contribution in [-0.2, 0) is 17.8 Å². The molecule has 0 saturated carbocycles. The fourth-order valence-electron chi connectivity index (χ4n) is 3.42. The number of hydrogen-bond donors (Lipinski definition) is 2. The lowest BCUT2D eigenvalue weighted by molar-refractivity contribution is -0.120. The third-order valence-corrected chi connectivity index (χ3v) is 5.03. The largest absolute Gasteiger partial charge is 0.508 e. The highest BCUT2D eigenvalue weighted by molar-refractivity contribution is 6.30. The van der Waals surface area contributed by atoms with Crippen LogP contribution in [0.25, 0.3) is 21.9 Å². The van der Waals surface area contributed by atoms with Gasteiger partial charge in [-0.15, -0.1) is 0 Å². The molecule has 5 heteroatoms. The molecule has 4 aromatic rings. The number of halogens is 1. The Labute approximate surface area is 173 Å². The first-order chi connectivity index (χ1) is 14.1. The summed E-state index contributed by atoms with van der Waals surface area (Å²) >= 11 is 5.99. The Balaban J connectivity index is 1.57. The minimum atomic E-state index is -0.0682. The molecule has 0 bridgehead atoms. The Morgan fingerprint density at radius 3 is 2.69 bits per heavy atom. The van der Waals surface area contributed by atoms with Gasteiger partial charge in [0, 0.05) is 29.3 Å². The van der Waals surface area contributed by atoms with E-state index in [2.05, 4.69) is 10.3 Å². The van der Waals surface area contributed by atoms with Crippen molar-refractivity contribution in [2.45, 2.75) is 13.0 Å². The molecule has 1 amide bonds. The third kappa shape index (κ3) is 4.39. The number of carbonyl (C=O) groups excluding carboxylic acids is 1. The normalized spacial score (nSPS) is 10.8. The number of benzene rings is 3. The van der Waals surface area contributed by atoms with Gasteiger partial charge in [0.15, 0.2) is 0 Å². The summed E-state index contributed by atoms with van der Waals surface area (Å²) in [6.07, 6.45) is 3.83. The summed E-state index contributed by atoms with van der Waals surface area (Å²) in [5.41, 5.74) is 3.79. The van der Waals surface area contributed by atoms with E-state index in [1.165, 1.54) is 0 Å². The lowest BCUT2D eigenvalue weighted by Gasteiger charge is -2.12. The maximum absolute atomic E-state index is 12.4. The molecular weight excluding hydrogens is 384 g/mol. The topological polar surface area (TPSA) is 62.2 Å². The maximum Gasteiger partial charge on any atom is 0.224 e. The number of nitrogens with one attached hydrogen (secondary N) is 1. The third-order valence-electron chi connectivity index (χ3n) is 4.80. The molecule has 1 heterocycles. The van der Waals surface area contributed by atoms with E-state index >= 15 is 0 Å². The Kier molecular flexibility index (Phi) is 5.45. The molecule has 4 rings (SSSR count). The highest BCUT2D eigenvalue weighted by Crippen LogP contribution is 2.32. The van der Waals surface area contributed by atoms with Crippen molar-refractivity contribution in [3.8, 4) is 16.9 Å². The van der Waals surface area contributed by atoms with Crippen molar-refractivity contribution in [3.05, 3.63) is 95.3 Å². The van der Waals surface area contributed by atoms with E-state index in [0.29, 0.717) is 11.6 Å². The van der Waals surface area contributed by atoms with Crippen LogP contribution in [0.2, 0.25) is 5.02 Å². The number of hydrogen-bond acceptors (Lipinski definition) is 3. The number of phenols is 1. The second-order valence-electron chi connectivity index (χ2n) is 6.83. The van der Waals surface area contributed by atoms with Gasteiger partial charge in [0.2, 0.25) is 5.91 Å². The van der Waals surface area contributed by atoms with Crippen LogP contribution in [-0.4, -0.2) is 16.0 Å². The van der Waals surface area contributed by atoms with E-state index in [9.17, 15) is 9.90 Å². The van der Waals surface area contributed by atoms with Gasteiger partial charge in [-0.3, -0.25) is 9.78 Å². The van der Waals surface area contributed by atoms with Gasteiger partial charge in [-0.2, -0.15) is 0 Å². The number of aromatic nitrogens is 1. The summed E-state index contributed by atoms with van der Waals surface area (Å²) in [7, 11) is 0. The molecule has 0 spiro atoms. The Bertz CT molecular complexity index is 1190. The van der Waals surface area contributed by atoms with Gasteiger partial charge < -0.3 is 10.4 Å². The second-order valence-corrected chi connectivity index (χ2v) is 7.26. The summed E-state index contributed by atoms with van der Waals surface area (Å²) in [6.45, 7) is 0.405. The van der Waals surface area contributed by atoms with Crippen LogP contribution >= 0.6 is 11.6 Å². The van der Waals surface area contributed by atoms with E-state index in [4.69, 9.17) is 11.6 Å². The minimum absolute atomic E-state index is 0.0682. The summed E-state index contributed by atoms with van der Waals surface area (Å²) in [5, 5.41) is 15.4. The summed E-state index contributed by atoms with van der Waals surface area (Å²) < 4.78 is 0. The van der Waals surface area contributed by atoms with Crippen LogP contribution in [0.15, 0.2) is 79.1 Å². The predicted molar refractivity (Wildman–Crippen MR) is 116 cm³/mol. The number of carbonyl (C=O) groups is 1. The fourth-order valence-corrected chi connectivity index (χ4v) is 3.63. The maximum atomic E-state index is 12.4. The average Bonchev–Trinajstić information content (AvgIpc) is 2.72. The van der Waals surface area contributed by atoms with Crippen molar-refractivity contribution < 1.29 is 9.90 Å². The van der Waals surface area contributed by atoms with E-state index in [1.807, 2.05) is 42.5 Å². The quantitative estimate of drug-likeness (QED) is 0.487. The number of amides is 1. The van der Waals surface area contributed by atoms with Gasteiger partial charge in [-0.25, -0.2) is 0 Å². The molecule has 29 heavy (non-hydrogen) atoms. The number of fused-ring (bicyclic) bond motifs is 1. The van der Waals surface area contributed by atoms with Crippen molar-refractivity contribution in [1.82, 2.24) is 10.3 Å². The molecule has 0 aliphatic heterocycles. The van der Waals surface area contributed by atoms with Crippen LogP contribution in [0, 0.1) is 0 Å². The molecule has 0 aliphatic rings. The average molecular weight is 403 g/mol. The molecule has 0 atom stereocenters. The molecule has 0 unspecified atom stereocenters. The van der Waals surface area contributed by atoms with Crippen molar-refractivity contribution >= 4 is 28.3 Å². The van der Waals surface area contributed by atoms with Crippen molar-refractivity contribution in [1.29, 1.82) is 0 Å². The Morgan fingerprint density at radius 2 is 1.86 bits per heavy atom. The van der Waals surface area contributed by atoms with Gasteiger partial charge in [0.25, 0.3) is 0 Å². The molecule has 144 valence electrons. The van der Waals surface area contributed by atoms with Crippen molar-refractivity contribution in [2.75, 3.05) is 0 Å². The van der Waals surface area contributed by atoms with Gasteiger partial charge >= 0.3 is 0 Å². The standard InChI is InChI=1S/C24H19ClN2O2/c25-19-5-1-3-16(11-19)12-24(29)27-14-18-7-8-21(17-4-2-6-20(28)13-17)22-9-10-26-15-23(18)22/h1-11,13,15,28H,12,14H2,(H,27,29). The zero-order chi connectivity index (χ0) is 20.2. The summed E-state index contributed by atoms with van der Waals surface area (Å²) in [6, 6.07) is 20.4. The van der Waals surface area contributed by atoms with Crippen molar-refractivity contribution in [3.63, 3.8) is 0 Å². The molecule has 2 N–H and O–H groups in total. The molecule has 4 nitrogen and oxygen atoms in total. The highest BCUT2D eigenvalue weighted by Gasteiger charge is 2.10. The monoisotopic (exact) mass is 402 g/mol. The molecular formula is C24H19ClN2O2. The SMILES string of the molecule is O=C(Cc1cccc(Cl)c1)NCc1ccc(-c2cccc(O)c2)c2ccncc12. The number of rotatable bonds is 5. The van der Waals surface area contributed by atoms with Crippen LogP contribution in [0.1, 0.15) is 11.1 Å². The summed E-state index contributed by atoms with van der Waals surface area (Å²) in [5.74, 6) is 0.156. The first-order valence-electron chi connectivity index (χ1n) is 9.26. The highest BCUT2D eigenvalue weighted by atomic mass is 35.5. The lowest BCUT2D eigenvalue weighted by Crippen LogP contribution is -2.24. The van der Waals surface area contributed by atoms with Crippen LogP contribution in [0.5, 0.6) is 5.75 Å². The van der Waals surface area contributed by atoms with Crippen molar-refractivity contribution in [2.24, 2.45) is 0 Å². The molecule has 0 fully saturated rings. The van der Waals surface area contributed by atoms with E-state index in [0.717, 1.165) is 33.0 Å². The predicted octanol–water partition coefficient (Wildman–Crippen LogP) is 5.12. The molecule has 3 aromatic carbocycles. The van der Waals surface area contributed by atoms with Gasteiger partial charge in [0.05, 0.1) is 6.42 Å². The molecule has 0 radical (unpaired) electrons. The number of aromatic hydroxyl groups is 1. The van der Waals surface area contributed by atoms with Crippen LogP contribution in [0.3, 0.4) is 0 Å². The molecule has 0 aliphatic carbocycles. The Hall–Kier alpha value is -3.37. The zero-order valence-electron chi connectivity index (χ0n) is 15.6. The van der Waals surface area contributed by atoms with Crippen LogP contribution in [0.4, 0.5) is 0 Å². The minimum Gasteiger partial charge on any atom is -0.508 e. The lowest BCUT2D eigenvalue weighted by atomic mass is 9.96. The first kappa shape index (κ1) is 19.0. The smallest absolute Gasteiger partial charge is 0.224 e.